The van der Waals surface area contributed by atoms with Gasteiger partial charge < -0.3 is 26.5 Å². The number of hydrogen-bond donors (Lipinski definition) is 4. The van der Waals surface area contributed by atoms with E-state index >= 15 is 0 Å². The van der Waals surface area contributed by atoms with Gasteiger partial charge in [-0.15, -0.1) is 0 Å². The summed E-state index contributed by atoms with van der Waals surface area (Å²) in [5.74, 6) is -1.12. The van der Waals surface area contributed by atoms with Gasteiger partial charge >= 0.3 is 0 Å². The summed E-state index contributed by atoms with van der Waals surface area (Å²) in [4.78, 5) is 44.9. The Hall–Kier alpha value is -4.38. The van der Waals surface area contributed by atoms with Crippen LogP contribution in [0, 0.1) is 0 Å². The van der Waals surface area contributed by atoms with E-state index < -0.39 is 17.9 Å². The number of nitrogen functional groups attached to an aromatic ring is 1. The Morgan fingerprint density at radius 3 is 2.49 bits per heavy atom. The third-order valence-corrected chi connectivity index (χ3v) is 7.95. The van der Waals surface area contributed by atoms with Crippen molar-refractivity contribution in [3.8, 4) is 5.75 Å². The number of carbonyl (C=O) groups is 3. The van der Waals surface area contributed by atoms with Crippen LogP contribution in [0.15, 0.2) is 54.7 Å². The zero-order valence-corrected chi connectivity index (χ0v) is 22.3. The van der Waals surface area contributed by atoms with Gasteiger partial charge in [0.2, 0.25) is 5.91 Å². The number of methoxy groups -OCH3 is 1. The molecule has 2 heterocycles. The second-order valence-corrected chi connectivity index (χ2v) is 10.3. The Morgan fingerprint density at radius 2 is 1.82 bits per heavy atom. The molecule has 5 rings (SSSR count). The van der Waals surface area contributed by atoms with E-state index in [1.54, 1.807) is 37.6 Å². The van der Waals surface area contributed by atoms with E-state index in [-0.39, 0.29) is 28.2 Å². The van der Waals surface area contributed by atoms with Crippen LogP contribution in [0.25, 0.3) is 10.9 Å². The van der Waals surface area contributed by atoms with Crippen molar-refractivity contribution in [1.29, 1.82) is 0 Å². The molecular weight excluding hydrogens is 516 g/mol. The van der Waals surface area contributed by atoms with Crippen LogP contribution in [0.1, 0.15) is 63.9 Å². The van der Waals surface area contributed by atoms with Crippen LogP contribution in [0.5, 0.6) is 5.75 Å². The summed E-state index contributed by atoms with van der Waals surface area (Å²) in [5.41, 5.74) is 13.2. The fourth-order valence-electron chi connectivity index (χ4n) is 5.11. The van der Waals surface area contributed by atoms with Crippen molar-refractivity contribution in [1.82, 2.24) is 14.7 Å². The van der Waals surface area contributed by atoms with Crippen molar-refractivity contribution >= 4 is 51.5 Å². The van der Waals surface area contributed by atoms with Crippen molar-refractivity contribution in [3.05, 3.63) is 70.9 Å². The maximum absolute atomic E-state index is 14.3. The highest BCUT2D eigenvalue weighted by molar-refractivity contribution is 7.09. The average Bonchev–Trinajstić information content (AvgIpc) is 3.55. The number of hydrogen-bond acceptors (Lipinski definition) is 7. The molecule has 3 amide bonds. The minimum atomic E-state index is -1.05. The highest BCUT2D eigenvalue weighted by Crippen LogP contribution is 2.36. The monoisotopic (exact) mass is 546 g/mol. The van der Waals surface area contributed by atoms with Crippen molar-refractivity contribution in [2.75, 3.05) is 17.7 Å². The summed E-state index contributed by atoms with van der Waals surface area (Å²) in [6.07, 6.45) is 6.74. The van der Waals surface area contributed by atoms with Crippen molar-refractivity contribution in [3.63, 3.8) is 0 Å². The van der Waals surface area contributed by atoms with Gasteiger partial charge in [0.25, 0.3) is 11.8 Å². The van der Waals surface area contributed by atoms with E-state index in [1.807, 2.05) is 24.3 Å². The molecule has 1 fully saturated rings. The van der Waals surface area contributed by atoms with Crippen LogP contribution in [0.3, 0.4) is 0 Å². The molecular formula is C28H30N6O4S. The van der Waals surface area contributed by atoms with Gasteiger partial charge in [0, 0.05) is 34.4 Å². The summed E-state index contributed by atoms with van der Waals surface area (Å²) in [7, 11) is 1.55. The highest BCUT2D eigenvalue weighted by Gasteiger charge is 2.38. The molecule has 10 nitrogen and oxygen atoms in total. The lowest BCUT2D eigenvalue weighted by Crippen LogP contribution is -2.47. The second kappa shape index (κ2) is 11.2. The maximum Gasteiger partial charge on any atom is 0.273 e. The molecule has 1 aliphatic carbocycles. The van der Waals surface area contributed by atoms with Crippen LogP contribution >= 0.6 is 11.5 Å². The first-order chi connectivity index (χ1) is 18.9. The molecule has 202 valence electrons. The van der Waals surface area contributed by atoms with E-state index in [9.17, 15) is 14.4 Å². The molecule has 1 saturated carbocycles. The zero-order valence-electron chi connectivity index (χ0n) is 21.5. The van der Waals surface area contributed by atoms with Gasteiger partial charge in [-0.05, 0) is 54.7 Å². The van der Waals surface area contributed by atoms with Gasteiger partial charge in [-0.25, -0.2) is 0 Å². The number of nitrogens with one attached hydrogen (secondary N) is 2. The van der Waals surface area contributed by atoms with Gasteiger partial charge in [0.15, 0.2) is 5.69 Å². The zero-order chi connectivity index (χ0) is 27.5. The van der Waals surface area contributed by atoms with Crippen LogP contribution in [0.2, 0.25) is 0 Å². The summed E-state index contributed by atoms with van der Waals surface area (Å²) in [6.45, 7) is 0. The van der Waals surface area contributed by atoms with Crippen LogP contribution in [0.4, 0.5) is 11.4 Å². The number of fused-ring (bicyclic) bond motifs is 1. The standard InChI is InChI=1S/C28H30N6O4S/c1-38-18-13-11-17(12-14-18)34(28(37)25-22(29)23(26(30)35)33-39-25)24(27(36)32-16-7-3-2-4-8-16)20-15-31-21-10-6-5-9-19(20)21/h5-6,9-16,24,31H,2-4,7-8,29H2,1H3,(H2,30,35)(H,32,36)/t24-/m1/s1. The fourth-order valence-corrected chi connectivity index (χ4v) is 5.85. The topological polar surface area (TPSA) is 156 Å². The Kier molecular flexibility index (Phi) is 7.51. The van der Waals surface area contributed by atoms with Gasteiger partial charge in [-0.3, -0.25) is 19.3 Å². The van der Waals surface area contributed by atoms with Crippen molar-refractivity contribution in [2.24, 2.45) is 5.73 Å². The number of anilines is 2. The Balaban J connectivity index is 1.67. The molecule has 0 aliphatic heterocycles. The summed E-state index contributed by atoms with van der Waals surface area (Å²) >= 11 is 0.778. The smallest absolute Gasteiger partial charge is 0.273 e. The number of amides is 3. The molecule has 0 unspecified atom stereocenters. The molecule has 6 N–H and O–H groups in total. The van der Waals surface area contributed by atoms with Crippen LogP contribution in [-0.2, 0) is 4.79 Å². The Bertz CT molecular complexity index is 1510. The number of nitrogens with zero attached hydrogens (tertiary/aromatic N) is 2. The summed E-state index contributed by atoms with van der Waals surface area (Å²) in [6, 6.07) is 13.4. The van der Waals surface area contributed by atoms with E-state index in [2.05, 4.69) is 14.7 Å². The molecule has 11 heteroatoms. The molecule has 0 radical (unpaired) electrons. The molecule has 2 aromatic carbocycles. The number of para-hydroxylation sites is 1. The number of aromatic amines is 1. The second-order valence-electron chi connectivity index (χ2n) is 9.55. The number of benzene rings is 2. The number of rotatable bonds is 8. The summed E-state index contributed by atoms with van der Waals surface area (Å²) in [5, 5.41) is 4.01. The number of nitrogens with two attached hydrogens (primary N) is 2. The fraction of sp³-hybridized carbons (Fsp3) is 0.286. The van der Waals surface area contributed by atoms with Gasteiger partial charge in [0.1, 0.15) is 16.7 Å². The predicted molar refractivity (Wildman–Crippen MR) is 151 cm³/mol. The lowest BCUT2D eigenvalue weighted by Gasteiger charge is -2.33. The van der Waals surface area contributed by atoms with Crippen molar-refractivity contribution < 1.29 is 19.1 Å². The molecule has 39 heavy (non-hydrogen) atoms. The van der Waals surface area contributed by atoms with E-state index in [0.29, 0.717) is 17.0 Å². The SMILES string of the molecule is COc1ccc(N(C(=O)c2snc(C(N)=O)c2N)[C@@H](C(=O)NC2CCCCC2)c2c[nH]c3ccccc23)cc1. The van der Waals surface area contributed by atoms with Gasteiger partial charge in [0.05, 0.1) is 12.8 Å². The largest absolute Gasteiger partial charge is 0.497 e. The highest BCUT2D eigenvalue weighted by atomic mass is 32.1. The normalized spacial score (nSPS) is 14.6. The number of primary amides is 1. The lowest BCUT2D eigenvalue weighted by molar-refractivity contribution is -0.123. The first-order valence-corrected chi connectivity index (χ1v) is 13.5. The molecule has 2 aromatic heterocycles. The first kappa shape index (κ1) is 26.2. The van der Waals surface area contributed by atoms with Crippen molar-refractivity contribution in [2.45, 2.75) is 44.2 Å². The van der Waals surface area contributed by atoms with E-state index in [1.165, 1.54) is 4.90 Å². The first-order valence-electron chi connectivity index (χ1n) is 12.8. The Labute approximate surface area is 229 Å². The van der Waals surface area contributed by atoms with E-state index in [0.717, 1.165) is 54.5 Å². The van der Waals surface area contributed by atoms with Crippen LogP contribution < -0.4 is 26.4 Å². The average molecular weight is 547 g/mol. The number of carbonyl (C=O) groups excluding carboxylic acids is 3. The third kappa shape index (κ3) is 5.17. The maximum atomic E-state index is 14.3. The molecule has 0 spiro atoms. The minimum absolute atomic E-state index is 0.0155. The Morgan fingerprint density at radius 1 is 1.10 bits per heavy atom. The van der Waals surface area contributed by atoms with Crippen LogP contribution in [-0.4, -0.2) is 40.2 Å². The number of H-pyrrole nitrogens is 1. The van der Waals surface area contributed by atoms with Gasteiger partial charge in [-0.2, -0.15) is 4.37 Å². The lowest BCUT2D eigenvalue weighted by atomic mass is 9.94. The predicted octanol–water partition coefficient (Wildman–Crippen LogP) is 4.15. The quantitative estimate of drug-likeness (QED) is 0.260. The molecule has 1 atom stereocenters. The molecule has 0 saturated heterocycles. The molecule has 0 bridgehead atoms. The molecule has 4 aromatic rings. The number of ether oxygens (including phenoxy) is 1. The number of aromatic nitrogens is 2. The third-order valence-electron chi connectivity index (χ3n) is 7.10. The summed E-state index contributed by atoms with van der Waals surface area (Å²) < 4.78 is 9.33. The minimum Gasteiger partial charge on any atom is -0.497 e. The van der Waals surface area contributed by atoms with Gasteiger partial charge in [-0.1, -0.05) is 37.5 Å². The van der Waals surface area contributed by atoms with E-state index in [4.69, 9.17) is 16.2 Å². The molecule has 1 aliphatic rings.